The summed E-state index contributed by atoms with van der Waals surface area (Å²) in [5.41, 5.74) is 0.574. The Morgan fingerprint density at radius 3 is 2.42 bits per heavy atom. The van der Waals surface area contributed by atoms with Crippen LogP contribution in [0, 0.1) is 0 Å². The molecule has 1 heterocycles. The molecular formula is C14H19NO4. The smallest absolute Gasteiger partial charge is 0.254 e. The van der Waals surface area contributed by atoms with E-state index in [-0.39, 0.29) is 12.0 Å². The highest BCUT2D eigenvalue weighted by molar-refractivity contribution is 5.95. The van der Waals surface area contributed by atoms with E-state index in [1.807, 2.05) is 6.92 Å². The number of rotatable bonds is 3. The summed E-state index contributed by atoms with van der Waals surface area (Å²) in [6, 6.07) is 5.20. The molecule has 0 N–H and O–H groups in total. The summed E-state index contributed by atoms with van der Waals surface area (Å²) >= 11 is 0. The molecule has 0 spiro atoms. The topological polar surface area (TPSA) is 48.0 Å². The zero-order valence-electron chi connectivity index (χ0n) is 11.5. The van der Waals surface area contributed by atoms with Crippen molar-refractivity contribution >= 4 is 5.91 Å². The predicted octanol–water partition coefficient (Wildman–Crippen LogP) is 1.56. The first-order valence-corrected chi connectivity index (χ1v) is 6.28. The molecule has 2 rings (SSSR count). The summed E-state index contributed by atoms with van der Waals surface area (Å²) in [5.74, 6) is 1.21. The zero-order chi connectivity index (χ0) is 13.8. The maximum absolute atomic E-state index is 12.4. The van der Waals surface area contributed by atoms with Crippen LogP contribution in [0.3, 0.4) is 0 Å². The molecule has 19 heavy (non-hydrogen) atoms. The summed E-state index contributed by atoms with van der Waals surface area (Å²) in [6.45, 7) is 3.76. The third-order valence-corrected chi connectivity index (χ3v) is 3.13. The largest absolute Gasteiger partial charge is 0.497 e. The first-order valence-electron chi connectivity index (χ1n) is 6.28. The monoisotopic (exact) mass is 265 g/mol. The van der Waals surface area contributed by atoms with E-state index >= 15 is 0 Å². The number of amides is 1. The van der Waals surface area contributed by atoms with E-state index < -0.39 is 0 Å². The van der Waals surface area contributed by atoms with E-state index in [0.29, 0.717) is 36.8 Å². The number of carbonyl (C=O) groups is 1. The van der Waals surface area contributed by atoms with Gasteiger partial charge in [-0.1, -0.05) is 0 Å². The van der Waals surface area contributed by atoms with E-state index in [0.717, 1.165) is 0 Å². The lowest BCUT2D eigenvalue weighted by Gasteiger charge is -2.31. The van der Waals surface area contributed by atoms with E-state index in [2.05, 4.69) is 0 Å². The molecule has 1 atom stereocenters. The molecule has 5 heteroatoms. The predicted molar refractivity (Wildman–Crippen MR) is 70.9 cm³/mol. The minimum atomic E-state index is -0.0210. The van der Waals surface area contributed by atoms with E-state index in [1.54, 1.807) is 37.3 Å². The Labute approximate surface area is 113 Å². The molecule has 0 bridgehead atoms. The molecule has 1 saturated heterocycles. The quantitative estimate of drug-likeness (QED) is 0.832. The van der Waals surface area contributed by atoms with Crippen LogP contribution in [0.25, 0.3) is 0 Å². The van der Waals surface area contributed by atoms with Gasteiger partial charge >= 0.3 is 0 Å². The van der Waals surface area contributed by atoms with Crippen LogP contribution in [0.5, 0.6) is 11.5 Å². The van der Waals surface area contributed by atoms with Gasteiger partial charge in [-0.3, -0.25) is 4.79 Å². The molecular weight excluding hydrogens is 246 g/mol. The number of hydrogen-bond acceptors (Lipinski definition) is 4. The highest BCUT2D eigenvalue weighted by Crippen LogP contribution is 2.24. The number of carbonyl (C=O) groups excluding carboxylic acids is 1. The number of morpholine rings is 1. The van der Waals surface area contributed by atoms with Gasteiger partial charge in [-0.2, -0.15) is 0 Å². The van der Waals surface area contributed by atoms with Gasteiger partial charge in [0, 0.05) is 24.7 Å². The van der Waals surface area contributed by atoms with Gasteiger partial charge in [-0.15, -0.1) is 0 Å². The van der Waals surface area contributed by atoms with Gasteiger partial charge in [0.1, 0.15) is 11.5 Å². The van der Waals surface area contributed by atoms with Crippen LogP contribution in [0.4, 0.5) is 0 Å². The van der Waals surface area contributed by atoms with Crippen molar-refractivity contribution in [3.05, 3.63) is 23.8 Å². The molecule has 1 fully saturated rings. The van der Waals surface area contributed by atoms with Crippen LogP contribution in [0.2, 0.25) is 0 Å². The Morgan fingerprint density at radius 1 is 1.26 bits per heavy atom. The normalized spacial score (nSPS) is 19.1. The third kappa shape index (κ3) is 3.17. The second kappa shape index (κ2) is 5.93. The average molecular weight is 265 g/mol. The van der Waals surface area contributed by atoms with Crippen LogP contribution < -0.4 is 9.47 Å². The number of benzene rings is 1. The Hall–Kier alpha value is -1.75. The van der Waals surface area contributed by atoms with Gasteiger partial charge in [0.15, 0.2) is 0 Å². The van der Waals surface area contributed by atoms with Gasteiger partial charge in [0.25, 0.3) is 5.91 Å². The maximum Gasteiger partial charge on any atom is 0.254 e. The molecule has 5 nitrogen and oxygen atoms in total. The first kappa shape index (κ1) is 13.7. The lowest BCUT2D eigenvalue weighted by Crippen LogP contribution is -2.44. The van der Waals surface area contributed by atoms with Crippen molar-refractivity contribution in [2.24, 2.45) is 0 Å². The van der Waals surface area contributed by atoms with Gasteiger partial charge in [-0.05, 0) is 19.1 Å². The highest BCUT2D eigenvalue weighted by Gasteiger charge is 2.23. The Balaban J connectivity index is 2.22. The van der Waals surface area contributed by atoms with Crippen LogP contribution >= 0.6 is 0 Å². The molecule has 1 aliphatic heterocycles. The lowest BCUT2D eigenvalue weighted by atomic mass is 10.1. The minimum absolute atomic E-state index is 0.0210. The van der Waals surface area contributed by atoms with Crippen LogP contribution in [-0.4, -0.2) is 50.8 Å². The van der Waals surface area contributed by atoms with Crippen molar-refractivity contribution in [1.29, 1.82) is 0 Å². The summed E-state index contributed by atoms with van der Waals surface area (Å²) in [4.78, 5) is 14.2. The summed E-state index contributed by atoms with van der Waals surface area (Å²) in [5, 5.41) is 0. The fourth-order valence-electron chi connectivity index (χ4n) is 2.12. The molecule has 1 amide bonds. The second-order valence-electron chi connectivity index (χ2n) is 4.53. The van der Waals surface area contributed by atoms with Crippen molar-refractivity contribution in [1.82, 2.24) is 4.90 Å². The van der Waals surface area contributed by atoms with Crippen molar-refractivity contribution in [3.63, 3.8) is 0 Å². The third-order valence-electron chi connectivity index (χ3n) is 3.13. The molecule has 0 saturated carbocycles. The summed E-state index contributed by atoms with van der Waals surface area (Å²) < 4.78 is 15.8. The summed E-state index contributed by atoms with van der Waals surface area (Å²) in [7, 11) is 3.14. The van der Waals surface area contributed by atoms with Crippen molar-refractivity contribution in [2.45, 2.75) is 13.0 Å². The van der Waals surface area contributed by atoms with Crippen molar-refractivity contribution < 1.29 is 19.0 Å². The fourth-order valence-corrected chi connectivity index (χ4v) is 2.12. The van der Waals surface area contributed by atoms with Gasteiger partial charge in [0.2, 0.25) is 0 Å². The standard InChI is InChI=1S/C14H19NO4/c1-10-9-15(4-5-19-10)14(16)11-6-12(17-2)8-13(7-11)18-3/h6-8,10H,4-5,9H2,1-3H3/t10-/m1/s1. The molecule has 0 radical (unpaired) electrons. The van der Waals surface area contributed by atoms with Gasteiger partial charge in [-0.25, -0.2) is 0 Å². The van der Waals surface area contributed by atoms with Crippen molar-refractivity contribution in [3.8, 4) is 11.5 Å². The molecule has 0 unspecified atom stereocenters. The van der Waals surface area contributed by atoms with Gasteiger partial charge in [0.05, 0.1) is 26.9 Å². The van der Waals surface area contributed by atoms with E-state index in [4.69, 9.17) is 14.2 Å². The number of ether oxygens (including phenoxy) is 3. The van der Waals surface area contributed by atoms with Crippen LogP contribution in [0.1, 0.15) is 17.3 Å². The summed E-state index contributed by atoms with van der Waals surface area (Å²) in [6.07, 6.45) is 0.0743. The van der Waals surface area contributed by atoms with Crippen LogP contribution in [-0.2, 0) is 4.74 Å². The van der Waals surface area contributed by atoms with Crippen LogP contribution in [0.15, 0.2) is 18.2 Å². The number of nitrogens with zero attached hydrogens (tertiary/aromatic N) is 1. The Bertz CT molecular complexity index is 439. The molecule has 0 aliphatic carbocycles. The fraction of sp³-hybridized carbons (Fsp3) is 0.500. The molecule has 1 aromatic rings. The van der Waals surface area contributed by atoms with E-state index in [9.17, 15) is 4.79 Å². The molecule has 104 valence electrons. The zero-order valence-corrected chi connectivity index (χ0v) is 11.5. The number of methoxy groups -OCH3 is 2. The minimum Gasteiger partial charge on any atom is -0.497 e. The Morgan fingerprint density at radius 2 is 1.89 bits per heavy atom. The Kier molecular flexibility index (Phi) is 4.27. The molecule has 1 aromatic carbocycles. The number of hydrogen-bond donors (Lipinski definition) is 0. The second-order valence-corrected chi connectivity index (χ2v) is 4.53. The van der Waals surface area contributed by atoms with Crippen molar-refractivity contribution in [2.75, 3.05) is 33.9 Å². The highest BCUT2D eigenvalue weighted by atomic mass is 16.5. The average Bonchev–Trinajstić information content (AvgIpc) is 2.45. The van der Waals surface area contributed by atoms with E-state index in [1.165, 1.54) is 0 Å². The molecule has 0 aromatic heterocycles. The lowest BCUT2D eigenvalue weighted by molar-refractivity contribution is -0.0124. The maximum atomic E-state index is 12.4. The first-order chi connectivity index (χ1) is 9.13. The van der Waals surface area contributed by atoms with Gasteiger partial charge < -0.3 is 19.1 Å². The molecule has 1 aliphatic rings. The SMILES string of the molecule is COc1cc(OC)cc(C(=O)N2CCO[C@H](C)C2)c1.